The van der Waals surface area contributed by atoms with Gasteiger partial charge in [-0.2, -0.15) is 0 Å². The van der Waals surface area contributed by atoms with Crippen molar-refractivity contribution in [1.29, 1.82) is 0 Å². The lowest BCUT2D eigenvalue weighted by Gasteiger charge is -2.44. The van der Waals surface area contributed by atoms with Crippen LogP contribution in [-0.4, -0.2) is 22.5 Å². The minimum Gasteiger partial charge on any atom is -0.328 e. The summed E-state index contributed by atoms with van der Waals surface area (Å²) >= 11 is 0. The predicted octanol–water partition coefficient (Wildman–Crippen LogP) is 1.93. The second kappa shape index (κ2) is 3.90. The van der Waals surface area contributed by atoms with Crippen LogP contribution in [0.15, 0.2) is 0 Å². The molecule has 0 heterocycles. The van der Waals surface area contributed by atoms with Crippen LogP contribution in [0.1, 0.15) is 27.7 Å². The van der Waals surface area contributed by atoms with Crippen LogP contribution >= 0.6 is 0 Å². The smallest absolute Gasteiger partial charge is 0.203 e. The van der Waals surface area contributed by atoms with Crippen LogP contribution in [0.25, 0.3) is 0 Å². The van der Waals surface area contributed by atoms with Gasteiger partial charge in [-0.3, -0.25) is 0 Å². The molecule has 12 heavy (non-hydrogen) atoms. The lowest BCUT2D eigenvalue weighted by molar-refractivity contribution is 0.443. The van der Waals surface area contributed by atoms with Crippen LogP contribution in [0.2, 0.25) is 11.6 Å². The summed E-state index contributed by atoms with van der Waals surface area (Å²) in [4.78, 5) is 6.96. The lowest BCUT2D eigenvalue weighted by Crippen LogP contribution is -2.65. The number of nitrogens with one attached hydrogen (secondary N) is 2. The zero-order valence-electron chi connectivity index (χ0n) is 9.58. The fraction of sp³-hybridized carbons (Fsp3) is 1.00. The van der Waals surface area contributed by atoms with Crippen molar-refractivity contribution < 1.29 is 0 Å². The molecular formula is C9H24N2Si. The summed E-state index contributed by atoms with van der Waals surface area (Å²) in [6.07, 6.45) is 0. The molecule has 3 heteroatoms. The lowest BCUT2D eigenvalue weighted by atomic mass is 9.99. The molecule has 2 nitrogen and oxygen atoms in total. The van der Waals surface area contributed by atoms with Crippen LogP contribution in [0.3, 0.4) is 0 Å². The quantitative estimate of drug-likeness (QED) is 0.659. The zero-order valence-corrected chi connectivity index (χ0v) is 10.6. The second-order valence-corrected chi connectivity index (χ2v) is 9.04. The molecule has 0 amide bonds. The Morgan fingerprint density at radius 2 is 1.42 bits per heavy atom. The molecular weight excluding hydrogens is 164 g/mol. The average molecular weight is 188 g/mol. The van der Waals surface area contributed by atoms with E-state index >= 15 is 0 Å². The Labute approximate surface area is 78.3 Å². The van der Waals surface area contributed by atoms with Crippen LogP contribution < -0.4 is 9.96 Å². The summed E-state index contributed by atoms with van der Waals surface area (Å²) in [5, 5.41) is 0.372. The topological polar surface area (TPSA) is 24.1 Å². The van der Waals surface area contributed by atoms with Gasteiger partial charge in [-0.25, -0.2) is 0 Å². The highest BCUT2D eigenvalue weighted by atomic mass is 28.3. The molecule has 0 rings (SSSR count). The Hall–Kier alpha value is 0.137. The van der Waals surface area contributed by atoms with E-state index in [1.165, 1.54) is 0 Å². The van der Waals surface area contributed by atoms with Crippen LogP contribution in [-0.2, 0) is 0 Å². The molecule has 0 saturated heterocycles. The van der Waals surface area contributed by atoms with E-state index in [1.54, 1.807) is 0 Å². The van der Waals surface area contributed by atoms with Crippen molar-refractivity contribution in [2.45, 2.75) is 39.3 Å². The molecule has 74 valence electrons. The van der Waals surface area contributed by atoms with Crippen LogP contribution in [0, 0.1) is 5.92 Å². The highest BCUT2D eigenvalue weighted by molar-refractivity contribution is 6.76. The summed E-state index contributed by atoms with van der Waals surface area (Å²) in [5.74, 6) is 0.703. The van der Waals surface area contributed by atoms with Crippen LogP contribution in [0.4, 0.5) is 0 Å². The molecule has 0 aromatic heterocycles. The summed E-state index contributed by atoms with van der Waals surface area (Å²) in [6, 6.07) is 0. The molecule has 0 bridgehead atoms. The molecule has 0 aromatic carbocycles. The highest BCUT2D eigenvalue weighted by Crippen LogP contribution is 2.40. The van der Waals surface area contributed by atoms with Crippen molar-refractivity contribution >= 4 is 8.40 Å². The number of hydrogen-bond donors (Lipinski definition) is 2. The fourth-order valence-electron chi connectivity index (χ4n) is 1.35. The average Bonchev–Trinajstić information content (AvgIpc) is 2.02. The molecule has 2 N–H and O–H groups in total. The van der Waals surface area contributed by atoms with Crippen molar-refractivity contribution in [2.75, 3.05) is 14.1 Å². The Morgan fingerprint density at radius 3 is 1.50 bits per heavy atom. The number of rotatable bonds is 4. The summed E-state index contributed by atoms with van der Waals surface area (Å²) in [5.41, 5.74) is 0. The van der Waals surface area contributed by atoms with Gasteiger partial charge in [0.2, 0.25) is 8.40 Å². The van der Waals surface area contributed by atoms with Gasteiger partial charge in [-0.05, 0) is 31.6 Å². The molecule has 0 spiro atoms. The van der Waals surface area contributed by atoms with Gasteiger partial charge in [0.15, 0.2) is 0 Å². The molecule has 0 fully saturated rings. The van der Waals surface area contributed by atoms with Gasteiger partial charge in [0.1, 0.15) is 0 Å². The summed E-state index contributed by atoms with van der Waals surface area (Å²) < 4.78 is 0. The molecule has 0 aromatic rings. The monoisotopic (exact) mass is 188 g/mol. The van der Waals surface area contributed by atoms with E-state index in [4.69, 9.17) is 0 Å². The van der Waals surface area contributed by atoms with E-state index in [0.717, 1.165) is 0 Å². The standard InChI is InChI=1S/C9H24N2Si/c1-8(2)9(3,4)12(7,10-5)11-6/h8,10-11H,1-7H3. The van der Waals surface area contributed by atoms with E-state index in [-0.39, 0.29) is 0 Å². The van der Waals surface area contributed by atoms with E-state index in [2.05, 4.69) is 58.3 Å². The zero-order chi connectivity index (χ0) is 9.99. The third-order valence-corrected chi connectivity index (χ3v) is 8.89. The van der Waals surface area contributed by atoms with Gasteiger partial charge in [0, 0.05) is 0 Å². The minimum absolute atomic E-state index is 0.372. The minimum atomic E-state index is -1.49. The maximum Gasteiger partial charge on any atom is 0.203 e. The van der Waals surface area contributed by atoms with Gasteiger partial charge in [-0.15, -0.1) is 0 Å². The Bertz CT molecular complexity index is 137. The van der Waals surface area contributed by atoms with Gasteiger partial charge in [0.05, 0.1) is 0 Å². The highest BCUT2D eigenvalue weighted by Gasteiger charge is 2.43. The Kier molecular flexibility index (Phi) is 3.94. The first kappa shape index (κ1) is 12.1. The molecule has 0 aliphatic carbocycles. The van der Waals surface area contributed by atoms with Gasteiger partial charge in [0.25, 0.3) is 0 Å². The largest absolute Gasteiger partial charge is 0.328 e. The van der Waals surface area contributed by atoms with Gasteiger partial charge >= 0.3 is 0 Å². The molecule has 0 atom stereocenters. The summed E-state index contributed by atoms with van der Waals surface area (Å²) in [6.45, 7) is 11.6. The normalized spacial score (nSPS) is 14.0. The van der Waals surface area contributed by atoms with E-state index < -0.39 is 8.40 Å². The van der Waals surface area contributed by atoms with Crippen LogP contribution in [0.5, 0.6) is 0 Å². The van der Waals surface area contributed by atoms with E-state index in [1.807, 2.05) is 0 Å². The maximum atomic E-state index is 3.48. The van der Waals surface area contributed by atoms with E-state index in [9.17, 15) is 0 Å². The molecule has 0 aliphatic rings. The first-order chi connectivity index (χ1) is 5.31. The van der Waals surface area contributed by atoms with Crippen molar-refractivity contribution in [2.24, 2.45) is 5.92 Å². The first-order valence-electron chi connectivity index (χ1n) is 4.69. The number of hydrogen-bond acceptors (Lipinski definition) is 2. The second-order valence-electron chi connectivity index (χ2n) is 4.50. The summed E-state index contributed by atoms with van der Waals surface area (Å²) in [7, 11) is 2.64. The molecule has 0 aliphatic heterocycles. The molecule has 0 unspecified atom stereocenters. The van der Waals surface area contributed by atoms with Gasteiger partial charge < -0.3 is 9.96 Å². The van der Waals surface area contributed by atoms with Crippen molar-refractivity contribution in [1.82, 2.24) is 9.96 Å². The Balaban J connectivity index is 4.70. The fourth-order valence-corrected chi connectivity index (χ4v) is 4.04. The van der Waals surface area contributed by atoms with Crippen molar-refractivity contribution in [3.63, 3.8) is 0 Å². The van der Waals surface area contributed by atoms with E-state index in [0.29, 0.717) is 11.0 Å². The Morgan fingerprint density at radius 1 is 1.08 bits per heavy atom. The van der Waals surface area contributed by atoms with Crippen molar-refractivity contribution in [3.8, 4) is 0 Å². The maximum absolute atomic E-state index is 3.48. The molecule has 0 saturated carbocycles. The SMILES string of the molecule is CN[Si](C)(NC)C(C)(C)C(C)C. The van der Waals surface area contributed by atoms with Crippen molar-refractivity contribution in [3.05, 3.63) is 0 Å². The van der Waals surface area contributed by atoms with Gasteiger partial charge in [-0.1, -0.05) is 27.7 Å². The third kappa shape index (κ3) is 1.89. The first-order valence-corrected chi connectivity index (χ1v) is 7.19. The predicted molar refractivity (Wildman–Crippen MR) is 58.6 cm³/mol. The third-order valence-electron chi connectivity index (χ3n) is 3.73. The molecule has 0 radical (unpaired) electrons.